The first-order chi connectivity index (χ1) is 8.07. The number of aromatic nitrogens is 2. The van der Waals surface area contributed by atoms with Gasteiger partial charge in [0.2, 0.25) is 0 Å². The monoisotopic (exact) mass is 264 g/mol. The van der Waals surface area contributed by atoms with E-state index in [0.717, 1.165) is 4.57 Å². The SMILES string of the molecule is CC(C)n1c(C(F)(F)F)cc(=O)n(C(C)C)c1=O. The number of hydrogen-bond donors (Lipinski definition) is 0. The van der Waals surface area contributed by atoms with Gasteiger partial charge in [0.15, 0.2) is 0 Å². The van der Waals surface area contributed by atoms with Gasteiger partial charge < -0.3 is 0 Å². The Balaban J connectivity index is 3.80. The molecule has 0 aliphatic heterocycles. The van der Waals surface area contributed by atoms with E-state index in [-0.39, 0.29) is 0 Å². The predicted molar refractivity (Wildman–Crippen MR) is 60.7 cm³/mol. The fourth-order valence-electron chi connectivity index (χ4n) is 1.76. The first-order valence-electron chi connectivity index (χ1n) is 5.52. The maximum absolute atomic E-state index is 12.8. The molecule has 1 rings (SSSR count). The van der Waals surface area contributed by atoms with Crippen LogP contribution in [0.1, 0.15) is 45.5 Å². The summed E-state index contributed by atoms with van der Waals surface area (Å²) in [6.07, 6.45) is -4.72. The zero-order chi connectivity index (χ0) is 14.2. The Morgan fingerprint density at radius 1 is 1.00 bits per heavy atom. The Labute approximate surface area is 102 Å². The van der Waals surface area contributed by atoms with Gasteiger partial charge in [-0.2, -0.15) is 13.2 Å². The number of halogens is 3. The third kappa shape index (κ3) is 2.49. The van der Waals surface area contributed by atoms with Gasteiger partial charge in [-0.15, -0.1) is 0 Å². The summed E-state index contributed by atoms with van der Waals surface area (Å²) in [5, 5.41) is 0. The van der Waals surface area contributed by atoms with E-state index in [1.165, 1.54) is 13.8 Å². The summed E-state index contributed by atoms with van der Waals surface area (Å²) in [5.41, 5.74) is -3.07. The lowest BCUT2D eigenvalue weighted by Gasteiger charge is -2.20. The standard InChI is InChI=1S/C11H15F3N2O2/c1-6(2)15-8(11(12,13)14)5-9(17)16(7(3)4)10(15)18/h5-7H,1-4H3. The van der Waals surface area contributed by atoms with Crippen molar-refractivity contribution in [3.8, 4) is 0 Å². The van der Waals surface area contributed by atoms with E-state index in [2.05, 4.69) is 0 Å². The highest BCUT2D eigenvalue weighted by molar-refractivity contribution is 5.08. The molecule has 4 nitrogen and oxygen atoms in total. The molecule has 0 radical (unpaired) electrons. The van der Waals surface area contributed by atoms with Gasteiger partial charge in [-0.3, -0.25) is 13.9 Å². The Morgan fingerprint density at radius 3 is 1.78 bits per heavy atom. The van der Waals surface area contributed by atoms with Crippen molar-refractivity contribution in [2.45, 2.75) is 46.0 Å². The summed E-state index contributed by atoms with van der Waals surface area (Å²) >= 11 is 0. The summed E-state index contributed by atoms with van der Waals surface area (Å²) in [4.78, 5) is 23.5. The van der Waals surface area contributed by atoms with Crippen LogP contribution >= 0.6 is 0 Å². The van der Waals surface area contributed by atoms with Crippen molar-refractivity contribution in [2.24, 2.45) is 0 Å². The summed E-state index contributed by atoms with van der Waals surface area (Å²) in [6, 6.07) is -0.696. The first kappa shape index (κ1) is 14.5. The van der Waals surface area contributed by atoms with Crippen LogP contribution in [0.5, 0.6) is 0 Å². The van der Waals surface area contributed by atoms with E-state index >= 15 is 0 Å². The van der Waals surface area contributed by atoms with E-state index in [9.17, 15) is 22.8 Å². The minimum atomic E-state index is -4.72. The Hall–Kier alpha value is -1.53. The summed E-state index contributed by atoms with van der Waals surface area (Å²) in [6.45, 7) is 6.07. The second kappa shape index (κ2) is 4.62. The fraction of sp³-hybridized carbons (Fsp3) is 0.636. The quantitative estimate of drug-likeness (QED) is 0.821. The van der Waals surface area contributed by atoms with Gasteiger partial charge in [-0.1, -0.05) is 0 Å². The fourth-order valence-corrected chi connectivity index (χ4v) is 1.76. The van der Waals surface area contributed by atoms with E-state index in [1.54, 1.807) is 13.8 Å². The van der Waals surface area contributed by atoms with Crippen LogP contribution in [0.4, 0.5) is 13.2 Å². The molecular weight excluding hydrogens is 249 g/mol. The van der Waals surface area contributed by atoms with Crippen molar-refractivity contribution < 1.29 is 13.2 Å². The molecule has 0 aliphatic rings. The second-order valence-corrected chi connectivity index (χ2v) is 4.58. The molecule has 1 aromatic rings. The maximum atomic E-state index is 12.8. The van der Waals surface area contributed by atoms with Crippen molar-refractivity contribution in [2.75, 3.05) is 0 Å². The molecule has 0 aromatic carbocycles. The molecule has 0 saturated carbocycles. The van der Waals surface area contributed by atoms with E-state index in [4.69, 9.17) is 0 Å². The van der Waals surface area contributed by atoms with Gasteiger partial charge in [0, 0.05) is 18.2 Å². The van der Waals surface area contributed by atoms with E-state index < -0.39 is 35.2 Å². The highest BCUT2D eigenvalue weighted by Crippen LogP contribution is 2.28. The summed E-state index contributed by atoms with van der Waals surface area (Å²) in [5.74, 6) is 0. The van der Waals surface area contributed by atoms with Gasteiger partial charge >= 0.3 is 11.9 Å². The third-order valence-corrected chi connectivity index (χ3v) is 2.49. The van der Waals surface area contributed by atoms with Gasteiger partial charge in [-0.25, -0.2) is 4.79 Å². The van der Waals surface area contributed by atoms with Gasteiger partial charge in [0.25, 0.3) is 5.56 Å². The lowest BCUT2D eigenvalue weighted by atomic mass is 10.3. The molecule has 0 aliphatic carbocycles. The second-order valence-electron chi connectivity index (χ2n) is 4.58. The molecule has 0 saturated heterocycles. The van der Waals surface area contributed by atoms with Crippen LogP contribution in [-0.2, 0) is 6.18 Å². The van der Waals surface area contributed by atoms with Crippen molar-refractivity contribution in [1.82, 2.24) is 9.13 Å². The molecule has 0 fully saturated rings. The number of rotatable bonds is 2. The number of hydrogen-bond acceptors (Lipinski definition) is 2. The molecule has 1 aromatic heterocycles. The van der Waals surface area contributed by atoms with Crippen molar-refractivity contribution in [1.29, 1.82) is 0 Å². The van der Waals surface area contributed by atoms with Crippen LogP contribution in [-0.4, -0.2) is 9.13 Å². The largest absolute Gasteiger partial charge is 0.431 e. The molecule has 18 heavy (non-hydrogen) atoms. The maximum Gasteiger partial charge on any atom is 0.431 e. The topological polar surface area (TPSA) is 44.0 Å². The van der Waals surface area contributed by atoms with Crippen LogP contribution in [0.2, 0.25) is 0 Å². The average Bonchev–Trinajstić information content (AvgIpc) is 2.13. The molecule has 0 N–H and O–H groups in total. The molecule has 7 heteroatoms. The Kier molecular flexibility index (Phi) is 3.73. The summed E-state index contributed by atoms with van der Waals surface area (Å²) in [7, 11) is 0. The van der Waals surface area contributed by atoms with Crippen LogP contribution in [0.3, 0.4) is 0 Å². The minimum absolute atomic E-state index is 0.474. The Bertz CT molecular complexity index is 553. The molecule has 0 bridgehead atoms. The lowest BCUT2D eigenvalue weighted by molar-refractivity contribution is -0.145. The van der Waals surface area contributed by atoms with Gasteiger partial charge in [-0.05, 0) is 27.7 Å². The van der Waals surface area contributed by atoms with E-state index in [1.807, 2.05) is 0 Å². The summed E-state index contributed by atoms with van der Waals surface area (Å²) < 4.78 is 39.8. The third-order valence-electron chi connectivity index (χ3n) is 2.49. The van der Waals surface area contributed by atoms with Gasteiger partial charge in [0.1, 0.15) is 5.69 Å². The smallest absolute Gasteiger partial charge is 0.286 e. The van der Waals surface area contributed by atoms with Crippen LogP contribution < -0.4 is 11.2 Å². The van der Waals surface area contributed by atoms with Crippen LogP contribution in [0, 0.1) is 0 Å². The van der Waals surface area contributed by atoms with Crippen molar-refractivity contribution in [3.63, 3.8) is 0 Å². The van der Waals surface area contributed by atoms with Crippen molar-refractivity contribution >= 4 is 0 Å². The molecule has 0 unspecified atom stereocenters. The van der Waals surface area contributed by atoms with E-state index in [0.29, 0.717) is 10.6 Å². The van der Waals surface area contributed by atoms with Crippen LogP contribution in [0.25, 0.3) is 0 Å². The average molecular weight is 264 g/mol. The van der Waals surface area contributed by atoms with Gasteiger partial charge in [0.05, 0.1) is 0 Å². The zero-order valence-corrected chi connectivity index (χ0v) is 10.6. The zero-order valence-electron chi connectivity index (χ0n) is 10.6. The molecule has 1 heterocycles. The molecule has 0 atom stereocenters. The number of alkyl halides is 3. The van der Waals surface area contributed by atoms with Crippen molar-refractivity contribution in [3.05, 3.63) is 32.6 Å². The predicted octanol–water partition coefficient (Wildman–Crippen LogP) is 2.19. The lowest BCUT2D eigenvalue weighted by Crippen LogP contribution is -2.44. The highest BCUT2D eigenvalue weighted by Gasteiger charge is 2.36. The molecule has 0 amide bonds. The molecule has 0 spiro atoms. The number of nitrogens with zero attached hydrogens (tertiary/aromatic N) is 2. The minimum Gasteiger partial charge on any atom is -0.286 e. The van der Waals surface area contributed by atoms with Crippen LogP contribution in [0.15, 0.2) is 15.7 Å². The molecular formula is C11H15F3N2O2. The Morgan fingerprint density at radius 2 is 1.44 bits per heavy atom. The molecule has 102 valence electrons. The highest BCUT2D eigenvalue weighted by atomic mass is 19.4. The first-order valence-corrected chi connectivity index (χ1v) is 5.52. The normalized spacial score (nSPS) is 12.5.